The first kappa shape index (κ1) is 15.5. The van der Waals surface area contributed by atoms with Crippen LogP contribution in [0.2, 0.25) is 5.02 Å². The Morgan fingerprint density at radius 3 is 2.40 bits per heavy atom. The van der Waals surface area contributed by atoms with Crippen molar-refractivity contribution in [2.75, 3.05) is 0 Å². The monoisotopic (exact) mass is 416 g/mol. The molecule has 0 radical (unpaired) electrons. The second kappa shape index (κ2) is 6.74. The smallest absolute Gasteiger partial charge is 0.181 e. The number of Topliss-reactive ketones (excluding diaryl/α,β-unsaturated/α-hetero) is 1. The van der Waals surface area contributed by atoms with Gasteiger partial charge in [0.05, 0.1) is 15.2 Å². The summed E-state index contributed by atoms with van der Waals surface area (Å²) in [5.41, 5.74) is 1.18. The fourth-order valence-electron chi connectivity index (χ4n) is 1.79. The molecule has 0 heterocycles. The third-order valence-electron chi connectivity index (χ3n) is 2.85. The molecule has 0 bridgehead atoms. The Bertz CT molecular complexity index is 617. The first-order valence-corrected chi connectivity index (χ1v) is 8.07. The molecule has 0 aliphatic rings. The molecule has 2 nitrogen and oxygen atoms in total. The molecular formula is C15H11Br2ClO2. The van der Waals surface area contributed by atoms with E-state index >= 15 is 0 Å². The largest absolute Gasteiger partial charge is 0.507 e. The van der Waals surface area contributed by atoms with E-state index in [0.717, 1.165) is 5.56 Å². The maximum atomic E-state index is 12.4. The summed E-state index contributed by atoms with van der Waals surface area (Å²) in [5.74, 6) is -0.299. The number of halogens is 3. The van der Waals surface area contributed by atoms with Crippen molar-refractivity contribution in [1.29, 1.82) is 0 Å². The van der Waals surface area contributed by atoms with E-state index in [-0.39, 0.29) is 21.9 Å². The van der Waals surface area contributed by atoms with Gasteiger partial charge in [0.15, 0.2) is 5.78 Å². The molecule has 0 spiro atoms. The first-order chi connectivity index (χ1) is 9.50. The van der Waals surface area contributed by atoms with Crippen molar-refractivity contribution in [2.24, 2.45) is 0 Å². The van der Waals surface area contributed by atoms with E-state index in [1.165, 1.54) is 12.1 Å². The van der Waals surface area contributed by atoms with Crippen molar-refractivity contribution in [3.05, 3.63) is 64.7 Å². The highest BCUT2D eigenvalue weighted by molar-refractivity contribution is 9.12. The summed E-state index contributed by atoms with van der Waals surface area (Å²) in [6.45, 7) is 0. The molecule has 0 unspecified atom stereocenters. The highest BCUT2D eigenvalue weighted by atomic mass is 79.9. The molecule has 2 rings (SSSR count). The number of ketones is 1. The summed E-state index contributed by atoms with van der Waals surface area (Å²) in [4.78, 5) is 11.7. The molecule has 0 saturated carbocycles. The predicted octanol–water partition coefficient (Wildman–Crippen LogP) is 5.13. The Morgan fingerprint density at radius 1 is 1.10 bits per heavy atom. The highest BCUT2D eigenvalue weighted by Gasteiger charge is 2.27. The summed E-state index contributed by atoms with van der Waals surface area (Å²) in [6.07, 6.45) is 0. The third kappa shape index (κ3) is 3.43. The minimum Gasteiger partial charge on any atom is -0.507 e. The SMILES string of the molecule is O=C(c1cc(Cl)ccc1O)[C@H](Br)[C@@H](Br)c1ccccc1. The van der Waals surface area contributed by atoms with Gasteiger partial charge in [-0.2, -0.15) is 0 Å². The second-order valence-electron chi connectivity index (χ2n) is 4.24. The highest BCUT2D eigenvalue weighted by Crippen LogP contribution is 2.35. The minimum atomic E-state index is -0.505. The standard InChI is InChI=1S/C15H11Br2ClO2/c16-13(9-4-2-1-3-5-9)14(17)15(20)11-8-10(18)6-7-12(11)19/h1-8,13-14,19H/t13-,14+/m0/s1. The summed E-state index contributed by atoms with van der Waals surface area (Å²) >= 11 is 12.8. The summed E-state index contributed by atoms with van der Waals surface area (Å²) in [7, 11) is 0. The van der Waals surface area contributed by atoms with Crippen LogP contribution in [0.1, 0.15) is 20.7 Å². The van der Waals surface area contributed by atoms with E-state index in [1.807, 2.05) is 30.3 Å². The van der Waals surface area contributed by atoms with E-state index in [1.54, 1.807) is 6.07 Å². The fraction of sp³-hybridized carbons (Fsp3) is 0.133. The minimum absolute atomic E-state index is 0.0726. The van der Waals surface area contributed by atoms with Crippen molar-refractivity contribution in [3.8, 4) is 5.75 Å². The molecule has 1 N–H and O–H groups in total. The Morgan fingerprint density at radius 2 is 1.75 bits per heavy atom. The van der Waals surface area contributed by atoms with E-state index in [2.05, 4.69) is 31.9 Å². The van der Waals surface area contributed by atoms with Gasteiger partial charge in [-0.3, -0.25) is 4.79 Å². The van der Waals surface area contributed by atoms with Crippen LogP contribution in [0.15, 0.2) is 48.5 Å². The lowest BCUT2D eigenvalue weighted by Gasteiger charge is -2.17. The maximum Gasteiger partial charge on any atom is 0.181 e. The van der Waals surface area contributed by atoms with Crippen LogP contribution >= 0.6 is 43.5 Å². The molecule has 104 valence electrons. The number of carbonyl (C=O) groups is 1. The lowest BCUT2D eigenvalue weighted by atomic mass is 10.0. The molecule has 0 amide bonds. The predicted molar refractivity (Wildman–Crippen MR) is 88.3 cm³/mol. The molecule has 20 heavy (non-hydrogen) atoms. The van der Waals surface area contributed by atoms with Gasteiger partial charge in [0, 0.05) is 5.02 Å². The van der Waals surface area contributed by atoms with Crippen LogP contribution in [0.25, 0.3) is 0 Å². The van der Waals surface area contributed by atoms with E-state index < -0.39 is 4.83 Å². The topological polar surface area (TPSA) is 37.3 Å². The second-order valence-corrected chi connectivity index (χ2v) is 6.65. The molecule has 0 aliphatic carbocycles. The Labute approximate surface area is 139 Å². The van der Waals surface area contributed by atoms with Gasteiger partial charge in [0.25, 0.3) is 0 Å². The van der Waals surface area contributed by atoms with Crippen molar-refractivity contribution < 1.29 is 9.90 Å². The van der Waals surface area contributed by atoms with Crippen LogP contribution in [0.3, 0.4) is 0 Å². The lowest BCUT2D eigenvalue weighted by Crippen LogP contribution is -2.19. The maximum absolute atomic E-state index is 12.4. The molecule has 0 aromatic heterocycles. The average Bonchev–Trinajstić information content (AvgIpc) is 2.48. The molecular weight excluding hydrogens is 407 g/mol. The zero-order chi connectivity index (χ0) is 14.7. The normalized spacial score (nSPS) is 13.8. The van der Waals surface area contributed by atoms with Crippen molar-refractivity contribution in [1.82, 2.24) is 0 Å². The van der Waals surface area contributed by atoms with Crippen molar-refractivity contribution in [2.45, 2.75) is 9.65 Å². The van der Waals surface area contributed by atoms with Crippen LogP contribution in [0.5, 0.6) is 5.75 Å². The number of phenols is 1. The first-order valence-electron chi connectivity index (χ1n) is 5.86. The number of benzene rings is 2. The van der Waals surface area contributed by atoms with Gasteiger partial charge in [-0.1, -0.05) is 73.8 Å². The summed E-state index contributed by atoms with van der Waals surface area (Å²) < 4.78 is 0. The van der Waals surface area contributed by atoms with Gasteiger partial charge in [0.2, 0.25) is 0 Å². The van der Waals surface area contributed by atoms with Crippen molar-refractivity contribution in [3.63, 3.8) is 0 Å². The number of aromatic hydroxyl groups is 1. The molecule has 2 aromatic carbocycles. The van der Waals surface area contributed by atoms with E-state index in [4.69, 9.17) is 11.6 Å². The Hall–Kier alpha value is -0.840. The van der Waals surface area contributed by atoms with Gasteiger partial charge >= 0.3 is 0 Å². The van der Waals surface area contributed by atoms with Gasteiger partial charge < -0.3 is 5.11 Å². The number of alkyl halides is 2. The van der Waals surface area contributed by atoms with Crippen LogP contribution < -0.4 is 0 Å². The summed E-state index contributed by atoms with van der Waals surface area (Å²) in [6, 6.07) is 14.0. The lowest BCUT2D eigenvalue weighted by molar-refractivity contribution is 0.0988. The van der Waals surface area contributed by atoms with Crippen LogP contribution in [-0.2, 0) is 0 Å². The fourth-order valence-corrected chi connectivity index (χ4v) is 3.06. The average molecular weight is 419 g/mol. The zero-order valence-corrected chi connectivity index (χ0v) is 14.2. The number of phenolic OH excluding ortho intramolecular Hbond substituents is 1. The quantitative estimate of drug-likeness (QED) is 0.552. The van der Waals surface area contributed by atoms with Gasteiger partial charge in [-0.15, -0.1) is 0 Å². The van der Waals surface area contributed by atoms with Gasteiger partial charge in [-0.25, -0.2) is 0 Å². The van der Waals surface area contributed by atoms with Crippen molar-refractivity contribution >= 4 is 49.2 Å². The molecule has 2 atom stereocenters. The molecule has 2 aromatic rings. The van der Waals surface area contributed by atoms with E-state index in [9.17, 15) is 9.90 Å². The zero-order valence-electron chi connectivity index (χ0n) is 10.3. The van der Waals surface area contributed by atoms with Gasteiger partial charge in [-0.05, 0) is 23.8 Å². The molecule has 0 saturated heterocycles. The molecule has 5 heteroatoms. The Kier molecular flexibility index (Phi) is 5.24. The van der Waals surface area contributed by atoms with E-state index in [0.29, 0.717) is 5.02 Å². The number of carbonyl (C=O) groups excluding carboxylic acids is 1. The van der Waals surface area contributed by atoms with Crippen LogP contribution in [0.4, 0.5) is 0 Å². The number of rotatable bonds is 4. The number of hydrogen-bond donors (Lipinski definition) is 1. The van der Waals surface area contributed by atoms with Crippen LogP contribution in [-0.4, -0.2) is 15.7 Å². The third-order valence-corrected chi connectivity index (χ3v) is 5.80. The summed E-state index contributed by atoms with van der Waals surface area (Å²) in [5, 5.41) is 10.2. The van der Waals surface area contributed by atoms with Crippen LogP contribution in [0, 0.1) is 0 Å². The molecule has 0 aliphatic heterocycles. The van der Waals surface area contributed by atoms with Gasteiger partial charge in [0.1, 0.15) is 5.75 Å². The Balaban J connectivity index is 2.27. The number of hydrogen-bond acceptors (Lipinski definition) is 2. The molecule has 0 fully saturated rings.